The first kappa shape index (κ1) is 10.8. The van der Waals surface area contributed by atoms with Gasteiger partial charge in [0, 0.05) is 30.6 Å². The summed E-state index contributed by atoms with van der Waals surface area (Å²) in [6.07, 6.45) is 2.89. The molecule has 0 bridgehead atoms. The standard InChI is InChI=1S/C11H22N2S/c1-2-12-9-10-3-4-11(10)13-5-7-14-8-6-13/h10-12H,2-9H2,1H3. The number of nitrogens with one attached hydrogen (secondary N) is 1. The lowest BCUT2D eigenvalue weighted by Gasteiger charge is -2.46. The predicted molar refractivity (Wildman–Crippen MR) is 64.0 cm³/mol. The number of thioether (sulfide) groups is 1. The fourth-order valence-corrected chi connectivity index (χ4v) is 3.44. The number of rotatable bonds is 4. The Morgan fingerprint density at radius 1 is 1.29 bits per heavy atom. The van der Waals surface area contributed by atoms with Gasteiger partial charge in [-0.1, -0.05) is 6.92 Å². The molecule has 2 fully saturated rings. The van der Waals surface area contributed by atoms with Gasteiger partial charge in [0.25, 0.3) is 0 Å². The zero-order chi connectivity index (χ0) is 9.80. The summed E-state index contributed by atoms with van der Waals surface area (Å²) in [5, 5.41) is 3.49. The molecule has 1 aliphatic carbocycles. The molecule has 0 aromatic heterocycles. The Kier molecular flexibility index (Phi) is 4.14. The smallest absolute Gasteiger partial charge is 0.0136 e. The van der Waals surface area contributed by atoms with Crippen molar-refractivity contribution in [3.63, 3.8) is 0 Å². The molecule has 3 heteroatoms. The van der Waals surface area contributed by atoms with Gasteiger partial charge >= 0.3 is 0 Å². The van der Waals surface area contributed by atoms with Crippen molar-refractivity contribution in [2.45, 2.75) is 25.8 Å². The van der Waals surface area contributed by atoms with Crippen molar-refractivity contribution in [3.05, 3.63) is 0 Å². The molecule has 2 nitrogen and oxygen atoms in total. The van der Waals surface area contributed by atoms with Crippen LogP contribution >= 0.6 is 11.8 Å². The molecule has 0 spiro atoms. The monoisotopic (exact) mass is 214 g/mol. The highest BCUT2D eigenvalue weighted by atomic mass is 32.2. The third kappa shape index (κ3) is 2.44. The van der Waals surface area contributed by atoms with Crippen LogP contribution in [0.25, 0.3) is 0 Å². The fraction of sp³-hybridized carbons (Fsp3) is 1.00. The number of hydrogen-bond donors (Lipinski definition) is 1. The summed E-state index contributed by atoms with van der Waals surface area (Å²) in [4.78, 5) is 2.72. The van der Waals surface area contributed by atoms with E-state index in [4.69, 9.17) is 0 Å². The maximum absolute atomic E-state index is 3.49. The van der Waals surface area contributed by atoms with E-state index < -0.39 is 0 Å². The largest absolute Gasteiger partial charge is 0.317 e. The molecule has 2 unspecified atom stereocenters. The van der Waals surface area contributed by atoms with Gasteiger partial charge in [-0.15, -0.1) is 0 Å². The average molecular weight is 214 g/mol. The summed E-state index contributed by atoms with van der Waals surface area (Å²) in [5.74, 6) is 3.65. The molecule has 1 aliphatic heterocycles. The first-order valence-corrected chi connectivity index (χ1v) is 7.09. The van der Waals surface area contributed by atoms with E-state index >= 15 is 0 Å². The van der Waals surface area contributed by atoms with Gasteiger partial charge in [0.05, 0.1) is 0 Å². The van der Waals surface area contributed by atoms with Crippen molar-refractivity contribution in [1.82, 2.24) is 10.2 Å². The second-order valence-electron chi connectivity index (χ2n) is 4.36. The van der Waals surface area contributed by atoms with E-state index in [9.17, 15) is 0 Å². The Labute approximate surface area is 91.8 Å². The predicted octanol–water partition coefficient (Wildman–Crippen LogP) is 1.42. The molecule has 0 amide bonds. The number of hydrogen-bond acceptors (Lipinski definition) is 3. The summed E-state index contributed by atoms with van der Waals surface area (Å²) in [7, 11) is 0. The molecular formula is C11H22N2S. The fourth-order valence-electron chi connectivity index (χ4n) is 2.51. The molecule has 1 N–H and O–H groups in total. The van der Waals surface area contributed by atoms with Crippen molar-refractivity contribution in [2.24, 2.45) is 5.92 Å². The molecule has 2 rings (SSSR count). The first-order chi connectivity index (χ1) is 6.92. The zero-order valence-corrected chi connectivity index (χ0v) is 9.98. The third-order valence-electron chi connectivity index (χ3n) is 3.55. The SMILES string of the molecule is CCNCC1CCC1N1CCSCC1. The van der Waals surface area contributed by atoms with E-state index in [1.165, 1.54) is 44.0 Å². The van der Waals surface area contributed by atoms with Crippen LogP contribution in [-0.2, 0) is 0 Å². The van der Waals surface area contributed by atoms with Crippen LogP contribution in [0.1, 0.15) is 19.8 Å². The van der Waals surface area contributed by atoms with Crippen LogP contribution in [0.4, 0.5) is 0 Å². The van der Waals surface area contributed by atoms with Crippen LogP contribution in [-0.4, -0.2) is 48.6 Å². The quantitative estimate of drug-likeness (QED) is 0.762. The van der Waals surface area contributed by atoms with E-state index in [0.717, 1.165) is 18.5 Å². The minimum absolute atomic E-state index is 0.912. The maximum atomic E-state index is 3.49. The topological polar surface area (TPSA) is 15.3 Å². The molecule has 0 aromatic carbocycles. The highest BCUT2D eigenvalue weighted by Crippen LogP contribution is 2.32. The summed E-state index contributed by atoms with van der Waals surface area (Å²) in [5.41, 5.74) is 0. The van der Waals surface area contributed by atoms with Gasteiger partial charge in [-0.2, -0.15) is 11.8 Å². The third-order valence-corrected chi connectivity index (χ3v) is 4.49. The van der Waals surface area contributed by atoms with Gasteiger partial charge in [0.15, 0.2) is 0 Å². The summed E-state index contributed by atoms with van der Waals surface area (Å²) >= 11 is 2.11. The molecule has 14 heavy (non-hydrogen) atoms. The molecular weight excluding hydrogens is 192 g/mol. The van der Waals surface area contributed by atoms with Crippen molar-refractivity contribution in [1.29, 1.82) is 0 Å². The maximum Gasteiger partial charge on any atom is 0.0136 e. The highest BCUT2D eigenvalue weighted by Gasteiger charge is 2.35. The van der Waals surface area contributed by atoms with E-state index in [2.05, 4.69) is 28.9 Å². The van der Waals surface area contributed by atoms with E-state index in [1.807, 2.05) is 0 Å². The van der Waals surface area contributed by atoms with Crippen LogP contribution in [0, 0.1) is 5.92 Å². The van der Waals surface area contributed by atoms with Crippen LogP contribution in [0.15, 0.2) is 0 Å². The lowest BCUT2D eigenvalue weighted by molar-refractivity contribution is 0.0707. The van der Waals surface area contributed by atoms with E-state index in [1.54, 1.807) is 0 Å². The zero-order valence-electron chi connectivity index (χ0n) is 9.17. The van der Waals surface area contributed by atoms with Gasteiger partial charge in [0.2, 0.25) is 0 Å². The van der Waals surface area contributed by atoms with Gasteiger partial charge < -0.3 is 5.32 Å². The Morgan fingerprint density at radius 2 is 2.07 bits per heavy atom. The average Bonchev–Trinajstić information content (AvgIpc) is 2.18. The second kappa shape index (κ2) is 5.38. The minimum Gasteiger partial charge on any atom is -0.317 e. The van der Waals surface area contributed by atoms with Crippen LogP contribution < -0.4 is 5.32 Å². The van der Waals surface area contributed by atoms with E-state index in [-0.39, 0.29) is 0 Å². The molecule has 0 radical (unpaired) electrons. The lowest BCUT2D eigenvalue weighted by Crippen LogP contribution is -2.52. The summed E-state index contributed by atoms with van der Waals surface area (Å²) in [6.45, 7) is 7.23. The highest BCUT2D eigenvalue weighted by molar-refractivity contribution is 7.99. The van der Waals surface area contributed by atoms with Crippen molar-refractivity contribution in [3.8, 4) is 0 Å². The molecule has 2 atom stereocenters. The van der Waals surface area contributed by atoms with Gasteiger partial charge in [-0.05, 0) is 31.8 Å². The second-order valence-corrected chi connectivity index (χ2v) is 5.59. The molecule has 1 heterocycles. The van der Waals surface area contributed by atoms with Gasteiger partial charge in [-0.25, -0.2) is 0 Å². The van der Waals surface area contributed by atoms with Gasteiger partial charge in [0.1, 0.15) is 0 Å². The van der Waals surface area contributed by atoms with E-state index in [0.29, 0.717) is 0 Å². The summed E-state index contributed by atoms with van der Waals surface area (Å²) < 4.78 is 0. The summed E-state index contributed by atoms with van der Waals surface area (Å²) in [6, 6.07) is 0.912. The lowest BCUT2D eigenvalue weighted by atomic mass is 9.78. The Bertz CT molecular complexity index is 169. The Balaban J connectivity index is 1.73. The molecule has 82 valence electrons. The normalized spacial score (nSPS) is 34.1. The minimum atomic E-state index is 0.912. The Hall–Kier alpha value is 0.270. The van der Waals surface area contributed by atoms with Crippen LogP contribution in [0.3, 0.4) is 0 Å². The van der Waals surface area contributed by atoms with Crippen LogP contribution in [0.5, 0.6) is 0 Å². The van der Waals surface area contributed by atoms with Gasteiger partial charge in [-0.3, -0.25) is 4.90 Å². The molecule has 0 aromatic rings. The van der Waals surface area contributed by atoms with Crippen molar-refractivity contribution >= 4 is 11.8 Å². The number of nitrogens with zero attached hydrogens (tertiary/aromatic N) is 1. The van der Waals surface area contributed by atoms with Crippen LogP contribution in [0.2, 0.25) is 0 Å². The molecule has 1 saturated carbocycles. The Morgan fingerprint density at radius 3 is 2.64 bits per heavy atom. The molecule has 1 saturated heterocycles. The van der Waals surface area contributed by atoms with Crippen molar-refractivity contribution < 1.29 is 0 Å². The first-order valence-electron chi connectivity index (χ1n) is 5.94. The molecule has 2 aliphatic rings. The van der Waals surface area contributed by atoms with Crippen molar-refractivity contribution in [2.75, 3.05) is 37.7 Å².